The van der Waals surface area contributed by atoms with Crippen LogP contribution in [0.1, 0.15) is 17.3 Å². The average Bonchev–Trinajstić information content (AvgIpc) is 2.37. The summed E-state index contributed by atoms with van der Waals surface area (Å²) in [6.45, 7) is 1.12. The number of hydrogen-bond donors (Lipinski definition) is 2. The Bertz CT molecular complexity index is 706. The molecule has 0 aliphatic carbocycles. The van der Waals surface area contributed by atoms with Gasteiger partial charge in [-0.25, -0.2) is 13.2 Å². The number of nitro groups is 1. The molecule has 1 aromatic carbocycles. The molecule has 9 nitrogen and oxygen atoms in total. The summed E-state index contributed by atoms with van der Waals surface area (Å²) in [6.07, 6.45) is 0. The lowest BCUT2D eigenvalue weighted by Gasteiger charge is -2.11. The molecule has 1 aromatic rings. The molecule has 0 saturated carbocycles. The number of carboxylic acids is 1. The van der Waals surface area contributed by atoms with Crippen molar-refractivity contribution in [2.24, 2.45) is 0 Å². The lowest BCUT2D eigenvalue weighted by Crippen LogP contribution is -2.24. The van der Waals surface area contributed by atoms with E-state index in [1.165, 1.54) is 6.07 Å². The highest BCUT2D eigenvalue weighted by atomic mass is 32.2. The fourth-order valence-corrected chi connectivity index (χ4v) is 2.02. The molecule has 0 aliphatic heterocycles. The van der Waals surface area contributed by atoms with E-state index in [1.807, 2.05) is 4.72 Å². The zero-order chi connectivity index (χ0) is 15.5. The van der Waals surface area contributed by atoms with Gasteiger partial charge in [-0.15, -0.1) is 0 Å². The van der Waals surface area contributed by atoms with Gasteiger partial charge in [-0.1, -0.05) is 0 Å². The summed E-state index contributed by atoms with van der Waals surface area (Å²) in [5, 5.41) is 26.7. The van der Waals surface area contributed by atoms with Crippen LogP contribution in [0.5, 0.6) is 0 Å². The number of rotatable bonds is 5. The second-order valence-electron chi connectivity index (χ2n) is 3.71. The number of carbonyl (C=O) groups is 1. The van der Waals surface area contributed by atoms with Crippen LogP contribution in [0.25, 0.3) is 0 Å². The number of hydrogen-bond acceptors (Lipinski definition) is 6. The molecule has 2 N–H and O–H groups in total. The second-order valence-corrected chi connectivity index (χ2v) is 5.71. The first-order chi connectivity index (χ1) is 9.19. The maximum atomic E-state index is 11.7. The van der Waals surface area contributed by atoms with Crippen molar-refractivity contribution in [3.63, 3.8) is 0 Å². The van der Waals surface area contributed by atoms with E-state index >= 15 is 0 Å². The molecule has 0 fully saturated rings. The van der Waals surface area contributed by atoms with Crippen LogP contribution in [0.15, 0.2) is 18.2 Å². The van der Waals surface area contributed by atoms with Gasteiger partial charge in [0.1, 0.15) is 0 Å². The normalized spacial score (nSPS) is 12.2. The van der Waals surface area contributed by atoms with Crippen molar-refractivity contribution in [3.05, 3.63) is 33.9 Å². The topological polar surface area (TPSA) is 150 Å². The first-order valence-corrected chi connectivity index (χ1v) is 6.66. The highest BCUT2D eigenvalue weighted by Gasteiger charge is 2.24. The summed E-state index contributed by atoms with van der Waals surface area (Å²) >= 11 is 0. The van der Waals surface area contributed by atoms with E-state index in [0.717, 1.165) is 25.1 Å². The number of benzene rings is 1. The third kappa shape index (κ3) is 3.21. The summed E-state index contributed by atoms with van der Waals surface area (Å²) in [5.74, 6) is -1.53. The minimum Gasteiger partial charge on any atom is -0.478 e. The molecular formula is C10H9N3O6S. The van der Waals surface area contributed by atoms with Gasteiger partial charge in [0.05, 0.1) is 22.2 Å². The van der Waals surface area contributed by atoms with Gasteiger partial charge < -0.3 is 5.11 Å². The number of carboxylic acid groups (broad SMARTS) is 1. The molecule has 0 saturated heterocycles. The number of non-ortho nitro benzene ring substituents is 1. The quantitative estimate of drug-likeness (QED) is 0.606. The van der Waals surface area contributed by atoms with Gasteiger partial charge in [0.25, 0.3) is 5.69 Å². The average molecular weight is 299 g/mol. The van der Waals surface area contributed by atoms with Crippen molar-refractivity contribution in [2.75, 3.05) is 4.72 Å². The van der Waals surface area contributed by atoms with Crippen molar-refractivity contribution < 1.29 is 23.2 Å². The van der Waals surface area contributed by atoms with Crippen molar-refractivity contribution in [1.82, 2.24) is 0 Å². The number of nitrogens with zero attached hydrogens (tertiary/aromatic N) is 2. The van der Waals surface area contributed by atoms with E-state index in [9.17, 15) is 23.3 Å². The van der Waals surface area contributed by atoms with Crippen molar-refractivity contribution in [2.45, 2.75) is 12.2 Å². The Morgan fingerprint density at radius 2 is 2.15 bits per heavy atom. The Morgan fingerprint density at radius 3 is 2.60 bits per heavy atom. The van der Waals surface area contributed by atoms with Crippen molar-refractivity contribution >= 4 is 27.4 Å². The molecule has 0 bridgehead atoms. The van der Waals surface area contributed by atoms with E-state index in [1.54, 1.807) is 0 Å². The van der Waals surface area contributed by atoms with Gasteiger partial charge in [0.15, 0.2) is 5.25 Å². The van der Waals surface area contributed by atoms with Crippen molar-refractivity contribution in [1.29, 1.82) is 5.26 Å². The number of sulfonamides is 1. The molecule has 10 heteroatoms. The molecule has 1 unspecified atom stereocenters. The molecule has 20 heavy (non-hydrogen) atoms. The molecule has 106 valence electrons. The molecule has 1 atom stereocenters. The molecule has 0 spiro atoms. The zero-order valence-corrected chi connectivity index (χ0v) is 10.9. The van der Waals surface area contributed by atoms with Crippen LogP contribution in [0.4, 0.5) is 11.4 Å². The van der Waals surface area contributed by atoms with Crippen molar-refractivity contribution in [3.8, 4) is 6.07 Å². The van der Waals surface area contributed by atoms with E-state index in [0.29, 0.717) is 0 Å². The third-order valence-corrected chi connectivity index (χ3v) is 3.88. The predicted octanol–water partition coefficient (Wildman–Crippen LogP) is 0.947. The van der Waals surface area contributed by atoms with E-state index in [2.05, 4.69) is 0 Å². The Kier molecular flexibility index (Phi) is 4.26. The van der Waals surface area contributed by atoms with Gasteiger partial charge in [0, 0.05) is 12.1 Å². The number of nitriles is 1. The predicted molar refractivity (Wildman–Crippen MR) is 67.7 cm³/mol. The fourth-order valence-electron chi connectivity index (χ4n) is 1.22. The molecule has 0 amide bonds. The van der Waals surface area contributed by atoms with Gasteiger partial charge in [0.2, 0.25) is 10.0 Å². The number of anilines is 1. The highest BCUT2D eigenvalue weighted by Crippen LogP contribution is 2.23. The Labute approximate surface area is 113 Å². The minimum absolute atomic E-state index is 0.342. The first kappa shape index (κ1) is 15.4. The summed E-state index contributed by atoms with van der Waals surface area (Å²) in [4.78, 5) is 20.8. The van der Waals surface area contributed by atoms with Gasteiger partial charge in [-0.05, 0) is 13.0 Å². The summed E-state index contributed by atoms with van der Waals surface area (Å²) in [7, 11) is -4.10. The van der Waals surface area contributed by atoms with E-state index in [4.69, 9.17) is 10.4 Å². The monoisotopic (exact) mass is 299 g/mol. The largest absolute Gasteiger partial charge is 0.478 e. The lowest BCUT2D eigenvalue weighted by atomic mass is 10.1. The van der Waals surface area contributed by atoms with Crippen LogP contribution in [-0.4, -0.2) is 29.7 Å². The third-order valence-electron chi connectivity index (χ3n) is 2.34. The van der Waals surface area contributed by atoms with Crippen LogP contribution in [0, 0.1) is 21.4 Å². The lowest BCUT2D eigenvalue weighted by molar-refractivity contribution is -0.384. The van der Waals surface area contributed by atoms with Gasteiger partial charge in [-0.2, -0.15) is 5.26 Å². The number of nitrogens with one attached hydrogen (secondary N) is 1. The molecule has 0 aliphatic rings. The molecule has 0 heterocycles. The number of nitro benzene ring substituents is 1. The smallest absolute Gasteiger partial charge is 0.338 e. The van der Waals surface area contributed by atoms with Crippen LogP contribution >= 0.6 is 0 Å². The van der Waals surface area contributed by atoms with E-state index < -0.39 is 37.4 Å². The molecule has 0 aromatic heterocycles. The van der Waals surface area contributed by atoms with Crippen LogP contribution in [0.3, 0.4) is 0 Å². The number of aromatic carboxylic acids is 1. The summed E-state index contributed by atoms with van der Waals surface area (Å²) < 4.78 is 25.3. The molecular weight excluding hydrogens is 290 g/mol. The Balaban J connectivity index is 3.30. The Morgan fingerprint density at radius 1 is 1.55 bits per heavy atom. The maximum absolute atomic E-state index is 11.7. The molecule has 0 radical (unpaired) electrons. The summed E-state index contributed by atoms with van der Waals surface area (Å²) in [6, 6.07) is 4.15. The second kappa shape index (κ2) is 5.54. The zero-order valence-electron chi connectivity index (χ0n) is 10.1. The first-order valence-electron chi connectivity index (χ1n) is 5.12. The maximum Gasteiger partial charge on any atom is 0.338 e. The van der Waals surface area contributed by atoms with E-state index in [-0.39, 0.29) is 5.69 Å². The van der Waals surface area contributed by atoms with Crippen LogP contribution < -0.4 is 4.72 Å². The fraction of sp³-hybridized carbons (Fsp3) is 0.200. The van der Waals surface area contributed by atoms with Gasteiger partial charge >= 0.3 is 5.97 Å². The Hall–Kier alpha value is -2.67. The summed E-state index contributed by atoms with van der Waals surface area (Å²) in [5.41, 5.74) is -1.41. The van der Waals surface area contributed by atoms with Crippen LogP contribution in [0.2, 0.25) is 0 Å². The van der Waals surface area contributed by atoms with Gasteiger partial charge in [-0.3, -0.25) is 14.8 Å². The minimum atomic E-state index is -4.10. The van der Waals surface area contributed by atoms with Crippen LogP contribution in [-0.2, 0) is 10.0 Å². The standard InChI is InChI=1S/C10H9N3O6S/c1-6(5-11)20(18,19)12-9-3-2-7(13(16)17)4-8(9)10(14)15/h2-4,6,12H,1H3,(H,14,15). The SMILES string of the molecule is CC(C#N)S(=O)(=O)Nc1ccc([N+](=O)[O-])cc1C(=O)O. The highest BCUT2D eigenvalue weighted by molar-refractivity contribution is 7.93. The molecule has 1 rings (SSSR count).